The van der Waals surface area contributed by atoms with Crippen LogP contribution >= 0.6 is 11.6 Å². The molecule has 0 aliphatic rings. The van der Waals surface area contributed by atoms with Crippen molar-refractivity contribution in [2.24, 2.45) is 0 Å². The van der Waals surface area contributed by atoms with Crippen molar-refractivity contribution in [3.05, 3.63) is 34.9 Å². The fourth-order valence-corrected chi connectivity index (χ4v) is 2.46. The number of ether oxygens (including phenoxy) is 1. The lowest BCUT2D eigenvalue weighted by Crippen LogP contribution is -2.42. The summed E-state index contributed by atoms with van der Waals surface area (Å²) >= 11 is 5.98. The molecule has 5 nitrogen and oxygen atoms in total. The van der Waals surface area contributed by atoms with Crippen LogP contribution in [0.4, 0.5) is 0 Å². The van der Waals surface area contributed by atoms with E-state index < -0.39 is 5.60 Å². The van der Waals surface area contributed by atoms with Gasteiger partial charge in [0, 0.05) is 24.5 Å². The van der Waals surface area contributed by atoms with Gasteiger partial charge in [-0.05, 0) is 59.0 Å². The second-order valence-electron chi connectivity index (χ2n) is 7.33. The van der Waals surface area contributed by atoms with E-state index in [0.29, 0.717) is 31.0 Å². The molecule has 0 aliphatic heterocycles. The summed E-state index contributed by atoms with van der Waals surface area (Å²) in [6.07, 6.45) is 0.919. The van der Waals surface area contributed by atoms with Gasteiger partial charge in [0.2, 0.25) is 5.91 Å². The molecule has 1 aromatic rings. The number of hydrogen-bond donors (Lipinski definition) is 0. The number of rotatable bonds is 8. The van der Waals surface area contributed by atoms with E-state index in [2.05, 4.69) is 0 Å². The normalized spacial score (nSPS) is 11.5. The minimum Gasteiger partial charge on any atom is -0.459 e. The predicted octanol–water partition coefficient (Wildman–Crippen LogP) is 3.00. The Bertz CT molecular complexity index is 582. The number of likely N-dealkylation sites (N-methyl/N-ethyl adjacent to an activating group) is 1. The number of carbonyl (C=O) groups excluding carboxylic acids is 2. The van der Waals surface area contributed by atoms with Gasteiger partial charge in [-0.15, -0.1) is 0 Å². The Morgan fingerprint density at radius 1 is 1.16 bits per heavy atom. The van der Waals surface area contributed by atoms with Crippen LogP contribution in [0.3, 0.4) is 0 Å². The molecule has 0 aromatic heterocycles. The minimum absolute atomic E-state index is 0.0283. The van der Waals surface area contributed by atoms with Crippen LogP contribution in [0.1, 0.15) is 32.8 Å². The van der Waals surface area contributed by atoms with E-state index in [0.717, 1.165) is 5.56 Å². The monoisotopic (exact) mass is 368 g/mol. The molecule has 0 bridgehead atoms. The summed E-state index contributed by atoms with van der Waals surface area (Å²) in [5, 5.41) is 0.656. The van der Waals surface area contributed by atoms with Crippen LogP contribution in [-0.2, 0) is 20.7 Å². The molecule has 1 rings (SSSR count). The van der Waals surface area contributed by atoms with Crippen molar-refractivity contribution >= 4 is 23.5 Å². The summed E-state index contributed by atoms with van der Waals surface area (Å²) in [6.45, 7) is 6.59. The molecule has 0 N–H and O–H groups in total. The lowest BCUT2D eigenvalue weighted by molar-refractivity contribution is -0.159. The Morgan fingerprint density at radius 2 is 1.84 bits per heavy atom. The first kappa shape index (κ1) is 21.5. The Balaban J connectivity index is 2.66. The van der Waals surface area contributed by atoms with Crippen LogP contribution < -0.4 is 0 Å². The zero-order valence-electron chi connectivity index (χ0n) is 15.8. The number of halogens is 1. The average Bonchev–Trinajstić information content (AvgIpc) is 2.47. The van der Waals surface area contributed by atoms with Gasteiger partial charge < -0.3 is 14.5 Å². The van der Waals surface area contributed by atoms with Gasteiger partial charge in [-0.2, -0.15) is 0 Å². The topological polar surface area (TPSA) is 49.9 Å². The fraction of sp³-hybridized carbons (Fsp3) is 0.579. The van der Waals surface area contributed by atoms with E-state index in [1.807, 2.05) is 58.0 Å². The Kier molecular flexibility index (Phi) is 8.39. The molecule has 0 heterocycles. The van der Waals surface area contributed by atoms with Gasteiger partial charge in [0.05, 0.1) is 0 Å². The lowest BCUT2D eigenvalue weighted by Gasteiger charge is -2.26. The molecule has 0 saturated carbocycles. The third-order valence-electron chi connectivity index (χ3n) is 3.43. The highest BCUT2D eigenvalue weighted by Gasteiger charge is 2.22. The van der Waals surface area contributed by atoms with Crippen LogP contribution in [0, 0.1) is 0 Å². The fourth-order valence-electron chi connectivity index (χ4n) is 2.24. The minimum atomic E-state index is -0.561. The maximum absolute atomic E-state index is 12.6. The van der Waals surface area contributed by atoms with Gasteiger partial charge in [0.15, 0.2) is 0 Å². The highest BCUT2D eigenvalue weighted by molar-refractivity contribution is 6.30. The number of benzene rings is 1. The zero-order chi connectivity index (χ0) is 19.0. The predicted molar refractivity (Wildman–Crippen MR) is 101 cm³/mol. The van der Waals surface area contributed by atoms with Crippen LogP contribution in [-0.4, -0.2) is 61.0 Å². The maximum atomic E-state index is 12.6. The van der Waals surface area contributed by atoms with E-state index >= 15 is 0 Å². The number of esters is 1. The molecule has 0 aliphatic carbocycles. The van der Waals surface area contributed by atoms with Crippen LogP contribution in [0.2, 0.25) is 5.02 Å². The first-order valence-corrected chi connectivity index (χ1v) is 8.83. The summed E-state index contributed by atoms with van der Waals surface area (Å²) in [7, 11) is 3.87. The van der Waals surface area contributed by atoms with Gasteiger partial charge >= 0.3 is 5.97 Å². The Labute approximate surface area is 155 Å². The molecule has 0 radical (unpaired) electrons. The summed E-state index contributed by atoms with van der Waals surface area (Å²) < 4.78 is 5.34. The van der Waals surface area contributed by atoms with Gasteiger partial charge in [-0.25, -0.2) is 0 Å². The second-order valence-corrected chi connectivity index (χ2v) is 7.77. The smallest absolute Gasteiger partial charge is 0.326 e. The van der Waals surface area contributed by atoms with E-state index in [4.69, 9.17) is 16.3 Å². The van der Waals surface area contributed by atoms with Crippen LogP contribution in [0.15, 0.2) is 24.3 Å². The first-order valence-electron chi connectivity index (χ1n) is 8.45. The van der Waals surface area contributed by atoms with Crippen molar-refractivity contribution in [3.8, 4) is 0 Å². The third kappa shape index (κ3) is 9.46. The molecule has 0 saturated heterocycles. The average molecular weight is 369 g/mol. The SMILES string of the molecule is CN(C)CCN(CC(=O)OC(C)(C)C)C(=O)CCc1cccc(Cl)c1. The highest BCUT2D eigenvalue weighted by atomic mass is 35.5. The Morgan fingerprint density at radius 3 is 2.40 bits per heavy atom. The van der Waals surface area contributed by atoms with Crippen molar-refractivity contribution in [1.29, 1.82) is 0 Å². The molecule has 1 aromatic carbocycles. The van der Waals surface area contributed by atoms with Crippen molar-refractivity contribution in [2.75, 3.05) is 33.7 Å². The van der Waals surface area contributed by atoms with Crippen molar-refractivity contribution in [3.63, 3.8) is 0 Å². The van der Waals surface area contributed by atoms with Crippen molar-refractivity contribution < 1.29 is 14.3 Å². The number of carbonyl (C=O) groups is 2. The molecule has 25 heavy (non-hydrogen) atoms. The molecular formula is C19H29ClN2O3. The largest absolute Gasteiger partial charge is 0.459 e. The third-order valence-corrected chi connectivity index (χ3v) is 3.66. The number of amides is 1. The van der Waals surface area contributed by atoms with E-state index in [-0.39, 0.29) is 18.4 Å². The summed E-state index contributed by atoms with van der Waals surface area (Å²) in [6, 6.07) is 7.47. The molecule has 0 atom stereocenters. The number of aryl methyl sites for hydroxylation is 1. The standard InChI is InChI=1S/C19H29ClN2O3/c1-19(2,3)25-18(24)14-22(12-11-21(4)5)17(23)10-9-15-7-6-8-16(20)13-15/h6-8,13H,9-12,14H2,1-5H3. The van der Waals surface area contributed by atoms with E-state index in [1.54, 1.807) is 11.0 Å². The van der Waals surface area contributed by atoms with Crippen molar-refractivity contribution in [2.45, 2.75) is 39.2 Å². The molecule has 140 valence electrons. The molecule has 0 unspecified atom stereocenters. The number of nitrogens with zero attached hydrogens (tertiary/aromatic N) is 2. The molecule has 0 spiro atoms. The van der Waals surface area contributed by atoms with Gasteiger partial charge in [-0.1, -0.05) is 23.7 Å². The quantitative estimate of drug-likeness (QED) is 0.662. The van der Waals surface area contributed by atoms with Gasteiger partial charge in [0.1, 0.15) is 12.1 Å². The molecule has 1 amide bonds. The Hall–Kier alpha value is -1.59. The molecule has 6 heteroatoms. The summed E-state index contributed by atoms with van der Waals surface area (Å²) in [5.41, 5.74) is 0.444. The van der Waals surface area contributed by atoms with E-state index in [9.17, 15) is 9.59 Å². The van der Waals surface area contributed by atoms with Crippen LogP contribution in [0.25, 0.3) is 0 Å². The maximum Gasteiger partial charge on any atom is 0.326 e. The van der Waals surface area contributed by atoms with Crippen LogP contribution in [0.5, 0.6) is 0 Å². The van der Waals surface area contributed by atoms with Crippen molar-refractivity contribution in [1.82, 2.24) is 9.80 Å². The van der Waals surface area contributed by atoms with E-state index in [1.165, 1.54) is 0 Å². The number of hydrogen-bond acceptors (Lipinski definition) is 4. The first-order chi connectivity index (χ1) is 11.6. The summed E-state index contributed by atoms with van der Waals surface area (Å²) in [5.74, 6) is -0.449. The van der Waals surface area contributed by atoms with Gasteiger partial charge in [0.25, 0.3) is 0 Å². The second kappa shape index (κ2) is 9.78. The van der Waals surface area contributed by atoms with Gasteiger partial charge in [-0.3, -0.25) is 9.59 Å². The molecular weight excluding hydrogens is 340 g/mol. The molecule has 0 fully saturated rings. The highest BCUT2D eigenvalue weighted by Crippen LogP contribution is 2.13. The summed E-state index contributed by atoms with van der Waals surface area (Å²) in [4.78, 5) is 28.2. The lowest BCUT2D eigenvalue weighted by atomic mass is 10.1. The zero-order valence-corrected chi connectivity index (χ0v) is 16.6.